The van der Waals surface area contributed by atoms with E-state index in [0.29, 0.717) is 0 Å². The van der Waals surface area contributed by atoms with Gasteiger partial charge in [0.05, 0.1) is 11.0 Å². The van der Waals surface area contributed by atoms with Crippen molar-refractivity contribution in [1.29, 1.82) is 0 Å². The minimum atomic E-state index is 1.08. The number of aromatic nitrogens is 1. The summed E-state index contributed by atoms with van der Waals surface area (Å²) in [6.07, 6.45) is 0. The Bertz CT molecular complexity index is 3540. The minimum absolute atomic E-state index is 1.08. The highest BCUT2D eigenvalue weighted by Gasteiger charge is 2.20. The molecule has 2 nitrogen and oxygen atoms in total. The van der Waals surface area contributed by atoms with Crippen molar-refractivity contribution in [2.24, 2.45) is 0 Å². The third-order valence-electron chi connectivity index (χ3n) is 13.0. The first-order chi connectivity index (χ1) is 32.7. The number of fused-ring (bicyclic) bond motifs is 4. The smallest absolute Gasteiger partial charge is 0.0547 e. The molecule has 0 bridgehead atoms. The lowest BCUT2D eigenvalue weighted by molar-refractivity contribution is 1.18. The van der Waals surface area contributed by atoms with Gasteiger partial charge in [-0.3, -0.25) is 0 Å². The van der Waals surface area contributed by atoms with E-state index in [0.717, 1.165) is 28.3 Å². The Morgan fingerprint density at radius 2 is 0.682 bits per heavy atom. The van der Waals surface area contributed by atoms with Crippen molar-refractivity contribution in [3.63, 3.8) is 0 Å². The fourth-order valence-electron chi connectivity index (χ4n) is 9.90. The third kappa shape index (κ3) is 7.02. The van der Waals surface area contributed by atoms with Crippen molar-refractivity contribution in [1.82, 2.24) is 4.57 Å². The first-order valence-electron chi connectivity index (χ1n) is 22.7. The van der Waals surface area contributed by atoms with Crippen LogP contribution in [0, 0.1) is 0 Å². The van der Waals surface area contributed by atoms with Gasteiger partial charge in [-0.25, -0.2) is 0 Å². The topological polar surface area (TPSA) is 8.17 Å². The predicted molar refractivity (Wildman–Crippen MR) is 280 cm³/mol. The van der Waals surface area contributed by atoms with Gasteiger partial charge in [-0.05, 0) is 133 Å². The van der Waals surface area contributed by atoms with Gasteiger partial charge >= 0.3 is 0 Å². The van der Waals surface area contributed by atoms with Crippen LogP contribution in [0.4, 0.5) is 17.1 Å². The molecular weight excluding hydrogens is 797 g/mol. The SMILES string of the molecule is c1ccc(-c2ccccc2-c2ccc(N(c3ccc(-c4ccccc4-c4ccccc4)cc3)c3cccc(-c4cccc5c4c4cc6ccccc6cc4n5-c4ccccc4)c3)cc2)cc1. The number of para-hydroxylation sites is 1. The van der Waals surface area contributed by atoms with E-state index >= 15 is 0 Å². The van der Waals surface area contributed by atoms with Crippen molar-refractivity contribution in [2.75, 3.05) is 4.90 Å². The van der Waals surface area contributed by atoms with Gasteiger partial charge in [-0.2, -0.15) is 0 Å². The number of hydrogen-bond donors (Lipinski definition) is 0. The van der Waals surface area contributed by atoms with Gasteiger partial charge in [0.25, 0.3) is 0 Å². The molecule has 11 aromatic carbocycles. The van der Waals surface area contributed by atoms with Gasteiger partial charge in [0, 0.05) is 33.5 Å². The zero-order valence-electron chi connectivity index (χ0n) is 36.3. The summed E-state index contributed by atoms with van der Waals surface area (Å²) < 4.78 is 2.42. The molecule has 0 unspecified atom stereocenters. The molecule has 0 saturated heterocycles. The molecule has 0 aliphatic carbocycles. The maximum Gasteiger partial charge on any atom is 0.0547 e. The second-order valence-corrected chi connectivity index (χ2v) is 16.9. The van der Waals surface area contributed by atoms with Crippen LogP contribution in [0.2, 0.25) is 0 Å². The number of benzene rings is 11. The molecule has 0 aliphatic heterocycles. The first-order valence-corrected chi connectivity index (χ1v) is 22.7. The van der Waals surface area contributed by atoms with Crippen LogP contribution in [0.15, 0.2) is 267 Å². The fourth-order valence-corrected chi connectivity index (χ4v) is 9.90. The van der Waals surface area contributed by atoms with E-state index in [1.165, 1.54) is 82.6 Å². The molecule has 1 aromatic heterocycles. The Morgan fingerprint density at radius 3 is 1.23 bits per heavy atom. The Hall–Kier alpha value is -8.72. The van der Waals surface area contributed by atoms with E-state index in [1.54, 1.807) is 0 Å². The van der Waals surface area contributed by atoms with Crippen molar-refractivity contribution in [2.45, 2.75) is 0 Å². The van der Waals surface area contributed by atoms with E-state index in [-0.39, 0.29) is 0 Å². The fraction of sp³-hybridized carbons (Fsp3) is 0. The van der Waals surface area contributed by atoms with E-state index in [9.17, 15) is 0 Å². The molecule has 0 aliphatic rings. The first kappa shape index (κ1) is 38.9. The monoisotopic (exact) mass is 840 g/mol. The maximum absolute atomic E-state index is 2.42. The van der Waals surface area contributed by atoms with E-state index in [1.807, 2.05) is 0 Å². The van der Waals surface area contributed by atoms with Crippen LogP contribution in [0.5, 0.6) is 0 Å². The molecule has 12 rings (SSSR count). The molecule has 310 valence electrons. The van der Waals surface area contributed by atoms with Gasteiger partial charge in [0.15, 0.2) is 0 Å². The molecule has 12 aromatic rings. The Labute approximate surface area is 385 Å². The van der Waals surface area contributed by atoms with Crippen molar-refractivity contribution in [3.8, 4) is 61.3 Å². The van der Waals surface area contributed by atoms with E-state index in [4.69, 9.17) is 0 Å². The zero-order chi connectivity index (χ0) is 43.8. The van der Waals surface area contributed by atoms with Gasteiger partial charge < -0.3 is 9.47 Å². The van der Waals surface area contributed by atoms with E-state index in [2.05, 4.69) is 276 Å². The number of rotatable bonds is 9. The average Bonchev–Trinajstić information content (AvgIpc) is 3.72. The average molecular weight is 841 g/mol. The molecule has 0 N–H and O–H groups in total. The van der Waals surface area contributed by atoms with Crippen LogP contribution < -0.4 is 4.90 Å². The second-order valence-electron chi connectivity index (χ2n) is 16.9. The molecular formula is C64H44N2. The zero-order valence-corrected chi connectivity index (χ0v) is 36.3. The summed E-state index contributed by atoms with van der Waals surface area (Å²) in [6, 6.07) is 96.8. The molecule has 2 heteroatoms. The number of hydrogen-bond acceptors (Lipinski definition) is 1. The van der Waals surface area contributed by atoms with Gasteiger partial charge in [0.2, 0.25) is 0 Å². The normalized spacial score (nSPS) is 11.3. The highest BCUT2D eigenvalue weighted by Crippen LogP contribution is 2.44. The predicted octanol–water partition coefficient (Wildman–Crippen LogP) is 17.7. The number of anilines is 3. The second kappa shape index (κ2) is 16.8. The Balaban J connectivity index is 1.01. The van der Waals surface area contributed by atoms with Gasteiger partial charge in [-0.15, -0.1) is 0 Å². The Kier molecular flexibility index (Phi) is 9.89. The van der Waals surface area contributed by atoms with Crippen LogP contribution in [0.25, 0.3) is 93.9 Å². The lowest BCUT2D eigenvalue weighted by Gasteiger charge is -2.27. The molecule has 0 radical (unpaired) electrons. The number of nitrogens with zero attached hydrogens (tertiary/aromatic N) is 2. The summed E-state index contributed by atoms with van der Waals surface area (Å²) in [6.45, 7) is 0. The minimum Gasteiger partial charge on any atom is -0.310 e. The molecule has 0 amide bonds. The molecule has 0 saturated carbocycles. The molecule has 0 fully saturated rings. The van der Waals surface area contributed by atoms with Crippen LogP contribution in [-0.4, -0.2) is 4.57 Å². The van der Waals surface area contributed by atoms with Crippen molar-refractivity contribution < 1.29 is 0 Å². The highest BCUT2D eigenvalue weighted by molar-refractivity contribution is 6.18. The van der Waals surface area contributed by atoms with Crippen LogP contribution >= 0.6 is 0 Å². The van der Waals surface area contributed by atoms with Crippen LogP contribution in [0.1, 0.15) is 0 Å². The van der Waals surface area contributed by atoms with Crippen LogP contribution in [-0.2, 0) is 0 Å². The third-order valence-corrected chi connectivity index (χ3v) is 13.0. The van der Waals surface area contributed by atoms with Crippen molar-refractivity contribution in [3.05, 3.63) is 267 Å². The summed E-state index contributed by atoms with van der Waals surface area (Å²) in [5.74, 6) is 0. The summed E-state index contributed by atoms with van der Waals surface area (Å²) in [5, 5.41) is 4.95. The quantitative estimate of drug-likeness (QED) is 0.141. The van der Waals surface area contributed by atoms with E-state index < -0.39 is 0 Å². The van der Waals surface area contributed by atoms with Crippen molar-refractivity contribution >= 4 is 49.6 Å². The molecule has 0 atom stereocenters. The summed E-state index contributed by atoms with van der Waals surface area (Å²) in [5.41, 5.74) is 18.7. The summed E-state index contributed by atoms with van der Waals surface area (Å²) in [7, 11) is 0. The van der Waals surface area contributed by atoms with Gasteiger partial charge in [0.1, 0.15) is 0 Å². The standard InChI is InChI=1S/C64H44N2/c1-4-18-45(19-5-1)56-28-12-14-30-58(56)47-34-38-53(39-35-47)65(54-40-36-48(37-41-54)59-31-15-13-29-57(59)46-20-6-2-7-21-46)55-27-16-24-51(42-55)60-32-17-33-62-64(60)61-43-49-22-10-11-23-50(49)44-63(61)66(62)52-25-8-3-9-26-52/h1-44H. The molecule has 1 heterocycles. The van der Waals surface area contributed by atoms with Gasteiger partial charge in [-0.1, -0.05) is 200 Å². The highest BCUT2D eigenvalue weighted by atomic mass is 15.1. The van der Waals surface area contributed by atoms with Crippen LogP contribution in [0.3, 0.4) is 0 Å². The summed E-state index contributed by atoms with van der Waals surface area (Å²) >= 11 is 0. The lowest BCUT2D eigenvalue weighted by atomic mass is 9.94. The summed E-state index contributed by atoms with van der Waals surface area (Å²) in [4.78, 5) is 2.39. The molecule has 66 heavy (non-hydrogen) atoms. The molecule has 0 spiro atoms. The Morgan fingerprint density at radius 1 is 0.258 bits per heavy atom. The lowest BCUT2D eigenvalue weighted by Crippen LogP contribution is -2.10. The maximum atomic E-state index is 2.42. The largest absolute Gasteiger partial charge is 0.310 e.